The van der Waals surface area contributed by atoms with E-state index in [2.05, 4.69) is 5.32 Å². The van der Waals surface area contributed by atoms with Gasteiger partial charge in [0.25, 0.3) is 5.91 Å². The van der Waals surface area contributed by atoms with Crippen LogP contribution in [0.1, 0.15) is 33.2 Å². The molecule has 1 amide bonds. The van der Waals surface area contributed by atoms with Crippen LogP contribution in [0.2, 0.25) is 5.02 Å². The summed E-state index contributed by atoms with van der Waals surface area (Å²) in [7, 11) is 0. The number of anilines is 1. The summed E-state index contributed by atoms with van der Waals surface area (Å²) < 4.78 is 32.7. The van der Waals surface area contributed by atoms with Crippen molar-refractivity contribution in [3.63, 3.8) is 0 Å². The molecule has 25 heavy (non-hydrogen) atoms. The van der Waals surface area contributed by atoms with Crippen LogP contribution in [0.5, 0.6) is 5.75 Å². The van der Waals surface area contributed by atoms with Crippen LogP contribution in [0, 0.1) is 18.6 Å². The van der Waals surface area contributed by atoms with E-state index < -0.39 is 29.1 Å². The van der Waals surface area contributed by atoms with Crippen LogP contribution in [0.4, 0.5) is 14.5 Å². The smallest absolute Gasteiger partial charge is 0.341 e. The minimum atomic E-state index is -1.73. The Balaban J connectivity index is 2.30. The summed E-state index contributed by atoms with van der Waals surface area (Å²) in [6.07, 6.45) is 0. The first-order valence-electron chi connectivity index (χ1n) is 7.21. The Hall–Kier alpha value is -2.67. The van der Waals surface area contributed by atoms with Crippen molar-refractivity contribution in [2.24, 2.45) is 0 Å². The van der Waals surface area contributed by atoms with Gasteiger partial charge < -0.3 is 15.2 Å². The molecule has 0 saturated carbocycles. The molecule has 0 aliphatic heterocycles. The highest BCUT2D eigenvalue weighted by Gasteiger charge is 2.19. The molecule has 2 aromatic rings. The summed E-state index contributed by atoms with van der Waals surface area (Å²) in [4.78, 5) is 23.0. The molecular formula is C17H14ClF2NO4. The van der Waals surface area contributed by atoms with Gasteiger partial charge in [-0.3, -0.25) is 4.79 Å². The molecule has 0 atom stereocenters. The monoisotopic (exact) mass is 369 g/mol. The van der Waals surface area contributed by atoms with Gasteiger partial charge in [0.05, 0.1) is 11.6 Å². The van der Waals surface area contributed by atoms with E-state index in [1.165, 1.54) is 12.1 Å². The number of rotatable bonds is 5. The Bertz CT molecular complexity index is 809. The lowest BCUT2D eigenvalue weighted by atomic mass is 10.1. The second kappa shape index (κ2) is 7.48. The number of carboxylic acids is 1. The van der Waals surface area contributed by atoms with Crippen LogP contribution >= 0.6 is 11.6 Å². The number of halogens is 3. The molecule has 0 bridgehead atoms. The summed E-state index contributed by atoms with van der Waals surface area (Å²) in [6, 6.07) is 4.35. The molecule has 0 aliphatic rings. The van der Waals surface area contributed by atoms with Crippen LogP contribution in [-0.4, -0.2) is 23.6 Å². The van der Waals surface area contributed by atoms with E-state index in [1.54, 1.807) is 13.8 Å². The zero-order valence-corrected chi connectivity index (χ0v) is 14.1. The maximum absolute atomic E-state index is 13.7. The average molecular weight is 370 g/mol. The van der Waals surface area contributed by atoms with Gasteiger partial charge in [0.1, 0.15) is 22.9 Å². The quantitative estimate of drug-likeness (QED) is 0.825. The predicted octanol–water partition coefficient (Wildman–Crippen LogP) is 4.28. The van der Waals surface area contributed by atoms with Crippen molar-refractivity contribution in [2.75, 3.05) is 11.9 Å². The Kier molecular flexibility index (Phi) is 5.58. The Morgan fingerprint density at radius 3 is 2.28 bits per heavy atom. The van der Waals surface area contributed by atoms with Crippen molar-refractivity contribution in [3.8, 4) is 5.75 Å². The van der Waals surface area contributed by atoms with Gasteiger partial charge in [0.2, 0.25) is 0 Å². The number of aromatic carboxylic acids is 1. The van der Waals surface area contributed by atoms with E-state index in [0.717, 1.165) is 12.1 Å². The molecule has 0 unspecified atom stereocenters. The Morgan fingerprint density at radius 1 is 1.20 bits per heavy atom. The molecule has 0 radical (unpaired) electrons. The first kappa shape index (κ1) is 18.7. The van der Waals surface area contributed by atoms with Crippen molar-refractivity contribution < 1.29 is 28.2 Å². The van der Waals surface area contributed by atoms with Crippen LogP contribution in [0.3, 0.4) is 0 Å². The lowest BCUT2D eigenvalue weighted by Crippen LogP contribution is -2.14. The van der Waals surface area contributed by atoms with Gasteiger partial charge in [-0.1, -0.05) is 11.6 Å². The Morgan fingerprint density at radius 2 is 1.80 bits per heavy atom. The molecule has 8 heteroatoms. The maximum Gasteiger partial charge on any atom is 0.341 e. The van der Waals surface area contributed by atoms with Crippen LogP contribution in [0.15, 0.2) is 24.3 Å². The third kappa shape index (κ3) is 4.06. The van der Waals surface area contributed by atoms with E-state index in [1.807, 2.05) is 0 Å². The van der Waals surface area contributed by atoms with E-state index in [4.69, 9.17) is 21.4 Å². The minimum absolute atomic E-state index is 0.161. The summed E-state index contributed by atoms with van der Waals surface area (Å²) in [6.45, 7) is 3.90. The number of carboxylic acid groups (broad SMARTS) is 1. The third-order valence-electron chi connectivity index (χ3n) is 3.29. The van der Waals surface area contributed by atoms with Crippen molar-refractivity contribution >= 4 is 29.2 Å². The number of aryl methyl sites for hydroxylation is 1. The third-order valence-corrected chi connectivity index (χ3v) is 3.57. The van der Waals surface area contributed by atoms with Crippen molar-refractivity contribution in [3.05, 3.63) is 57.6 Å². The average Bonchev–Trinajstić information content (AvgIpc) is 2.49. The topological polar surface area (TPSA) is 75.6 Å². The van der Waals surface area contributed by atoms with E-state index in [-0.39, 0.29) is 16.3 Å². The maximum atomic E-state index is 13.7. The van der Waals surface area contributed by atoms with E-state index in [9.17, 15) is 18.4 Å². The molecule has 0 aliphatic carbocycles. The van der Waals surface area contributed by atoms with Crippen molar-refractivity contribution in [1.82, 2.24) is 0 Å². The number of carbonyl (C=O) groups excluding carboxylic acids is 1. The molecule has 0 heterocycles. The fourth-order valence-electron chi connectivity index (χ4n) is 2.24. The fourth-order valence-corrected chi connectivity index (χ4v) is 2.56. The molecule has 2 aromatic carbocycles. The molecule has 132 valence electrons. The highest BCUT2D eigenvalue weighted by atomic mass is 35.5. The van der Waals surface area contributed by atoms with Gasteiger partial charge in [-0.05, 0) is 43.7 Å². The number of nitrogens with one attached hydrogen (secondary N) is 1. The number of hydrogen-bond acceptors (Lipinski definition) is 3. The lowest BCUT2D eigenvalue weighted by molar-refractivity contribution is 0.0686. The molecule has 0 spiro atoms. The molecular weight excluding hydrogens is 356 g/mol. The molecule has 0 fully saturated rings. The van der Waals surface area contributed by atoms with Gasteiger partial charge in [0, 0.05) is 11.3 Å². The second-order valence-electron chi connectivity index (χ2n) is 5.11. The highest BCUT2D eigenvalue weighted by Crippen LogP contribution is 2.30. The van der Waals surface area contributed by atoms with Crippen LogP contribution in [-0.2, 0) is 0 Å². The van der Waals surface area contributed by atoms with Crippen molar-refractivity contribution in [1.29, 1.82) is 0 Å². The predicted molar refractivity (Wildman–Crippen MR) is 88.6 cm³/mol. The van der Waals surface area contributed by atoms with Crippen LogP contribution < -0.4 is 10.1 Å². The lowest BCUT2D eigenvalue weighted by Gasteiger charge is -2.12. The summed E-state index contributed by atoms with van der Waals surface area (Å²) >= 11 is 6.08. The summed E-state index contributed by atoms with van der Waals surface area (Å²) in [5.41, 5.74) is -0.516. The van der Waals surface area contributed by atoms with E-state index >= 15 is 0 Å². The van der Waals surface area contributed by atoms with Gasteiger partial charge in [-0.2, -0.15) is 0 Å². The molecule has 0 saturated heterocycles. The normalized spacial score (nSPS) is 10.4. The van der Waals surface area contributed by atoms with Gasteiger partial charge >= 0.3 is 5.97 Å². The number of benzene rings is 2. The summed E-state index contributed by atoms with van der Waals surface area (Å²) in [5.74, 6) is -4.52. The van der Waals surface area contributed by atoms with Gasteiger partial charge in [-0.15, -0.1) is 0 Å². The zero-order valence-electron chi connectivity index (χ0n) is 13.3. The number of carbonyl (C=O) groups is 2. The summed E-state index contributed by atoms with van der Waals surface area (Å²) in [5, 5.41) is 11.3. The number of ether oxygens (including phenoxy) is 1. The highest BCUT2D eigenvalue weighted by molar-refractivity contribution is 6.32. The molecule has 2 N–H and O–H groups in total. The van der Waals surface area contributed by atoms with Gasteiger partial charge in [-0.25, -0.2) is 13.6 Å². The van der Waals surface area contributed by atoms with Crippen molar-refractivity contribution in [2.45, 2.75) is 13.8 Å². The number of amides is 1. The Labute approximate surface area is 147 Å². The molecule has 2 rings (SSSR count). The standard InChI is InChI=1S/C17H14ClF2NO4/c1-3-25-15-8(2)4-9(5-11(15)18)16(22)21-10-6-12(19)14(17(23)24)13(20)7-10/h4-7H,3H2,1-2H3,(H,21,22)(H,23,24). The fraction of sp³-hybridized carbons (Fsp3) is 0.176. The second-order valence-corrected chi connectivity index (χ2v) is 5.52. The first-order valence-corrected chi connectivity index (χ1v) is 7.59. The zero-order chi connectivity index (χ0) is 18.7. The first-order chi connectivity index (χ1) is 11.7. The minimum Gasteiger partial charge on any atom is -0.492 e. The SMILES string of the molecule is CCOc1c(C)cc(C(=O)Nc2cc(F)c(C(=O)O)c(F)c2)cc1Cl. The molecule has 5 nitrogen and oxygen atoms in total. The largest absolute Gasteiger partial charge is 0.492 e. The number of hydrogen-bond donors (Lipinski definition) is 2. The molecule has 0 aromatic heterocycles. The van der Waals surface area contributed by atoms with Crippen LogP contribution in [0.25, 0.3) is 0 Å². The van der Waals surface area contributed by atoms with E-state index in [0.29, 0.717) is 17.9 Å². The van der Waals surface area contributed by atoms with Gasteiger partial charge in [0.15, 0.2) is 0 Å².